The molecule has 0 aliphatic heterocycles. The summed E-state index contributed by atoms with van der Waals surface area (Å²) < 4.78 is 1.93. The Bertz CT molecular complexity index is 413. The van der Waals surface area contributed by atoms with Crippen LogP contribution in [0.1, 0.15) is 0 Å². The lowest BCUT2D eigenvalue weighted by Gasteiger charge is -1.86. The Morgan fingerprint density at radius 1 is 1.42 bits per heavy atom. The van der Waals surface area contributed by atoms with Gasteiger partial charge in [-0.3, -0.25) is 0 Å². The summed E-state index contributed by atoms with van der Waals surface area (Å²) in [6, 6.07) is 3.88. The number of rotatable bonds is 1. The van der Waals surface area contributed by atoms with Gasteiger partial charge in [-0.15, -0.1) is 0 Å². The molecular weight excluding hydrogens is 256 g/mol. The van der Waals surface area contributed by atoms with Crippen LogP contribution in [0.2, 0.25) is 0 Å². The second-order valence-electron chi connectivity index (χ2n) is 2.14. The van der Waals surface area contributed by atoms with Crippen LogP contribution in [0.5, 0.6) is 0 Å². The number of hydrogen-bond acceptors (Lipinski definition) is 4. The molecule has 0 bridgehead atoms. The van der Waals surface area contributed by atoms with Crippen molar-refractivity contribution in [1.82, 2.24) is 9.97 Å². The monoisotopic (exact) mass is 260 g/mol. The highest BCUT2D eigenvalue weighted by molar-refractivity contribution is 9.10. The highest BCUT2D eigenvalue weighted by atomic mass is 79.9. The normalized spacial score (nSPS) is 10.8. The van der Waals surface area contributed by atoms with E-state index in [0.717, 1.165) is 19.3 Å². The van der Waals surface area contributed by atoms with Crippen molar-refractivity contribution in [3.8, 4) is 0 Å². The van der Waals surface area contributed by atoms with Crippen molar-refractivity contribution in [1.29, 1.82) is 0 Å². The van der Waals surface area contributed by atoms with Crippen molar-refractivity contribution in [3.05, 3.63) is 16.7 Å². The highest BCUT2D eigenvalue weighted by Gasteiger charge is 2.03. The molecule has 0 aliphatic carbocycles. The summed E-state index contributed by atoms with van der Waals surface area (Å²) in [5, 5.41) is 0. The summed E-state index contributed by atoms with van der Waals surface area (Å²) in [6.07, 6.45) is 2.02. The van der Waals surface area contributed by atoms with E-state index in [0.29, 0.717) is 0 Å². The summed E-state index contributed by atoms with van der Waals surface area (Å²) in [7, 11) is 0. The summed E-state index contributed by atoms with van der Waals surface area (Å²) in [4.78, 5) is 9.67. The molecule has 0 aromatic carbocycles. The van der Waals surface area contributed by atoms with E-state index in [1.54, 1.807) is 23.1 Å². The number of hydrogen-bond donors (Lipinski definition) is 0. The average Bonchev–Trinajstić information content (AvgIpc) is 2.46. The van der Waals surface area contributed by atoms with Crippen LogP contribution < -0.4 is 0 Å². The van der Waals surface area contributed by atoms with E-state index in [4.69, 9.17) is 0 Å². The predicted octanol–water partition coefficient (Wildman–Crippen LogP) is 3.18. The van der Waals surface area contributed by atoms with E-state index >= 15 is 0 Å². The molecule has 5 heteroatoms. The first-order chi connectivity index (χ1) is 5.79. The summed E-state index contributed by atoms with van der Waals surface area (Å²) >= 11 is 6.60. The first-order valence-corrected chi connectivity index (χ1v) is 6.10. The van der Waals surface area contributed by atoms with Crippen molar-refractivity contribution in [2.45, 2.75) is 4.34 Å². The zero-order valence-corrected chi connectivity index (χ0v) is 9.46. The smallest absolute Gasteiger partial charge is 0.152 e. The van der Waals surface area contributed by atoms with Crippen LogP contribution >= 0.6 is 39.0 Å². The minimum absolute atomic E-state index is 0.867. The van der Waals surface area contributed by atoms with E-state index in [2.05, 4.69) is 25.9 Å². The van der Waals surface area contributed by atoms with Crippen LogP contribution in [-0.2, 0) is 0 Å². The number of nitrogens with zero attached hydrogens (tertiary/aromatic N) is 2. The minimum atomic E-state index is 0.867. The second-order valence-corrected chi connectivity index (χ2v) is 4.99. The van der Waals surface area contributed by atoms with E-state index in [9.17, 15) is 0 Å². The number of thiazole rings is 1. The second kappa shape index (κ2) is 3.32. The van der Waals surface area contributed by atoms with Crippen molar-refractivity contribution in [3.63, 3.8) is 0 Å². The maximum absolute atomic E-state index is 4.37. The van der Waals surface area contributed by atoms with Gasteiger partial charge in [0.25, 0.3) is 0 Å². The highest BCUT2D eigenvalue weighted by Crippen LogP contribution is 2.27. The van der Waals surface area contributed by atoms with Gasteiger partial charge in [-0.05, 0) is 34.3 Å². The van der Waals surface area contributed by atoms with Crippen LogP contribution in [0, 0.1) is 0 Å². The molecule has 2 nitrogen and oxygen atoms in total. The van der Waals surface area contributed by atoms with Crippen LogP contribution in [0.4, 0.5) is 0 Å². The third kappa shape index (κ3) is 1.48. The number of pyridine rings is 1. The lowest BCUT2D eigenvalue weighted by molar-refractivity contribution is 1.29. The van der Waals surface area contributed by atoms with Gasteiger partial charge in [-0.25, -0.2) is 9.97 Å². The largest absolute Gasteiger partial charge is 0.228 e. The molecule has 0 unspecified atom stereocenters. The van der Waals surface area contributed by atoms with Crippen LogP contribution in [-0.4, -0.2) is 16.2 Å². The number of aromatic nitrogens is 2. The summed E-state index contributed by atoms with van der Waals surface area (Å²) in [5.41, 5.74) is 0.979. The Morgan fingerprint density at radius 3 is 3.00 bits per heavy atom. The van der Waals surface area contributed by atoms with Gasteiger partial charge in [0.05, 0.1) is 0 Å². The molecule has 2 rings (SSSR count). The zero-order chi connectivity index (χ0) is 8.55. The lowest BCUT2D eigenvalue weighted by atomic mass is 10.5. The third-order valence-corrected chi connectivity index (χ3v) is 3.77. The van der Waals surface area contributed by atoms with Gasteiger partial charge in [0.2, 0.25) is 0 Å². The fourth-order valence-corrected chi connectivity index (χ4v) is 2.72. The predicted molar refractivity (Wildman–Crippen MR) is 56.9 cm³/mol. The molecular formula is C7H5BrN2S2. The molecule has 2 aromatic rings. The Labute approximate surface area is 86.5 Å². The zero-order valence-electron chi connectivity index (χ0n) is 6.24. The molecule has 0 spiro atoms. The summed E-state index contributed by atoms with van der Waals surface area (Å²) in [5.74, 6) is 0. The van der Waals surface area contributed by atoms with Crippen molar-refractivity contribution < 1.29 is 0 Å². The Kier molecular flexibility index (Phi) is 2.34. The van der Waals surface area contributed by atoms with Gasteiger partial charge < -0.3 is 0 Å². The molecule has 0 fully saturated rings. The maximum atomic E-state index is 4.37. The van der Waals surface area contributed by atoms with Gasteiger partial charge >= 0.3 is 0 Å². The molecule has 0 saturated heterocycles. The molecule has 2 aromatic heterocycles. The first-order valence-electron chi connectivity index (χ1n) is 3.26. The Hall–Kier alpha value is -0.130. The third-order valence-electron chi connectivity index (χ3n) is 1.38. The Balaban J connectivity index is 2.67. The minimum Gasteiger partial charge on any atom is -0.228 e. The fraction of sp³-hybridized carbons (Fsp3) is 0.143. The maximum Gasteiger partial charge on any atom is 0.152 e. The van der Waals surface area contributed by atoms with E-state index < -0.39 is 0 Å². The molecule has 0 atom stereocenters. The van der Waals surface area contributed by atoms with E-state index in [1.165, 1.54) is 0 Å². The summed E-state index contributed by atoms with van der Waals surface area (Å²) in [6.45, 7) is 0. The molecule has 0 saturated carbocycles. The number of halogens is 1. The number of thioether (sulfide) groups is 1. The van der Waals surface area contributed by atoms with Gasteiger partial charge in [-0.1, -0.05) is 23.1 Å². The van der Waals surface area contributed by atoms with E-state index in [-0.39, 0.29) is 0 Å². The standard InChI is InChI=1S/C7H5BrN2S2/c1-11-7-9-4-2-3-5(8)10-6(4)12-7/h2-3H,1H3. The molecule has 0 amide bonds. The quantitative estimate of drug-likeness (QED) is 0.582. The van der Waals surface area contributed by atoms with Crippen LogP contribution in [0.25, 0.3) is 10.3 Å². The topological polar surface area (TPSA) is 25.8 Å². The molecule has 62 valence electrons. The molecule has 0 N–H and O–H groups in total. The number of fused-ring (bicyclic) bond motifs is 1. The van der Waals surface area contributed by atoms with Gasteiger partial charge in [-0.2, -0.15) is 0 Å². The van der Waals surface area contributed by atoms with Gasteiger partial charge in [0.1, 0.15) is 15.0 Å². The molecule has 0 radical (unpaired) electrons. The van der Waals surface area contributed by atoms with Crippen molar-refractivity contribution in [2.75, 3.05) is 6.26 Å². The van der Waals surface area contributed by atoms with Crippen LogP contribution in [0.3, 0.4) is 0 Å². The molecule has 12 heavy (non-hydrogen) atoms. The van der Waals surface area contributed by atoms with Crippen molar-refractivity contribution in [2.24, 2.45) is 0 Å². The van der Waals surface area contributed by atoms with E-state index in [1.807, 2.05) is 18.4 Å². The SMILES string of the molecule is CSc1nc2ccc(Br)nc2s1. The van der Waals surface area contributed by atoms with Gasteiger partial charge in [0.15, 0.2) is 4.34 Å². The van der Waals surface area contributed by atoms with Gasteiger partial charge in [0, 0.05) is 0 Å². The van der Waals surface area contributed by atoms with Crippen LogP contribution in [0.15, 0.2) is 21.1 Å². The fourth-order valence-electron chi connectivity index (χ4n) is 0.862. The lowest BCUT2D eigenvalue weighted by Crippen LogP contribution is -1.73. The first kappa shape index (κ1) is 8.47. The Morgan fingerprint density at radius 2 is 2.25 bits per heavy atom. The average molecular weight is 261 g/mol. The molecule has 2 heterocycles. The molecule has 0 aliphatic rings. The van der Waals surface area contributed by atoms with Crippen molar-refractivity contribution >= 4 is 49.4 Å².